The minimum atomic E-state index is -4.51. The van der Waals surface area contributed by atoms with Gasteiger partial charge in [0.05, 0.1) is 40.4 Å². The third-order valence-electron chi connectivity index (χ3n) is 19.3. The van der Waals surface area contributed by atoms with E-state index in [0.29, 0.717) is 97.0 Å². The molecule has 30 heteroatoms. The number of pyridine rings is 1. The van der Waals surface area contributed by atoms with Gasteiger partial charge in [-0.25, -0.2) is 37.5 Å². The Morgan fingerprint density at radius 3 is 2.36 bits per heavy atom. The molecule has 3 aromatic carbocycles. The summed E-state index contributed by atoms with van der Waals surface area (Å²) in [5.74, 6) is -3.93. The largest absolute Gasteiger partial charge is 0.476 e. The number of aromatic carboxylic acids is 1. The number of hydrogen-bond donors (Lipinski definition) is 8. The van der Waals surface area contributed by atoms with Crippen LogP contribution >= 0.6 is 11.3 Å². The van der Waals surface area contributed by atoms with Crippen LogP contribution in [-0.4, -0.2) is 149 Å². The maximum Gasteiger partial charge on any atom is 0.410 e. The summed E-state index contributed by atoms with van der Waals surface area (Å²) in [6.45, 7) is 16.4. The van der Waals surface area contributed by atoms with Gasteiger partial charge in [-0.15, -0.1) is 0 Å². The van der Waals surface area contributed by atoms with Gasteiger partial charge in [-0.05, 0) is 153 Å². The molecule has 4 unspecified atom stereocenters. The van der Waals surface area contributed by atoms with E-state index >= 15 is 0 Å². The van der Waals surface area contributed by atoms with Crippen molar-refractivity contribution in [2.45, 2.75) is 156 Å². The van der Waals surface area contributed by atoms with Gasteiger partial charge in [0, 0.05) is 98.1 Å². The summed E-state index contributed by atoms with van der Waals surface area (Å²) in [7, 11) is -8.07. The average molecular weight is 1460 g/mol. The quantitative estimate of drug-likeness (QED) is 0.0135. The number of amides is 6. The van der Waals surface area contributed by atoms with Crippen molar-refractivity contribution in [2.75, 3.05) is 60.6 Å². The van der Waals surface area contributed by atoms with E-state index in [1.54, 1.807) is 56.4 Å². The van der Waals surface area contributed by atoms with Crippen molar-refractivity contribution >= 4 is 99.9 Å². The normalized spacial score (nSPS) is 19.5. The average Bonchev–Trinajstić information content (AvgIpc) is 0.887. The highest BCUT2D eigenvalue weighted by Crippen LogP contribution is 2.60. The number of Topliss-reactive ketones (excluding diaryl/α,β-unsaturated/α-hetero) is 1. The second kappa shape index (κ2) is 33.6. The van der Waals surface area contributed by atoms with Crippen molar-refractivity contribution < 1.29 is 69.5 Å². The molecule has 550 valence electrons. The molecule has 9 rings (SSSR count). The van der Waals surface area contributed by atoms with Crippen molar-refractivity contribution in [2.24, 2.45) is 34.3 Å². The van der Waals surface area contributed by atoms with Crippen LogP contribution in [0.4, 0.5) is 26.2 Å². The van der Waals surface area contributed by atoms with E-state index < -0.39 is 74.0 Å². The molecule has 6 amide bonds. The number of urea groups is 1. The summed E-state index contributed by atoms with van der Waals surface area (Å²) >= 11 is 1.40. The minimum absolute atomic E-state index is 0.0141. The topological polar surface area (TPSA) is 383 Å². The molecule has 6 aromatic rings. The molecule has 2 aliphatic carbocycles. The molecule has 0 saturated heterocycles. The lowest BCUT2D eigenvalue weighted by atomic mass is 9.51. The van der Waals surface area contributed by atoms with Gasteiger partial charge >= 0.3 is 18.1 Å². The number of carboxylic acid groups (broad SMARTS) is 1. The van der Waals surface area contributed by atoms with Crippen molar-refractivity contribution in [3.63, 3.8) is 0 Å². The van der Waals surface area contributed by atoms with E-state index in [9.17, 15) is 60.1 Å². The Labute approximate surface area is 599 Å². The Kier molecular flexibility index (Phi) is 25.5. The molecule has 3 aliphatic rings. The Morgan fingerprint density at radius 2 is 1.65 bits per heavy atom. The number of nitrogens with zero attached hydrogens (tertiary/aromatic N) is 6. The number of ether oxygens (including phenoxy) is 2. The summed E-state index contributed by atoms with van der Waals surface area (Å²) in [5, 5.41) is 28.0. The summed E-state index contributed by atoms with van der Waals surface area (Å²) in [4.78, 5) is 106. The number of rotatable bonds is 35. The summed E-state index contributed by atoms with van der Waals surface area (Å²) < 4.78 is 75.2. The van der Waals surface area contributed by atoms with Gasteiger partial charge in [-0.3, -0.25) is 33.7 Å². The van der Waals surface area contributed by atoms with Crippen molar-refractivity contribution in [3.05, 3.63) is 131 Å². The Balaban J connectivity index is 0.808. The Bertz CT molecular complexity index is 4270. The molecule has 0 spiro atoms. The molecular weight excluding hydrogens is 1370 g/mol. The number of aromatic nitrogens is 4. The van der Waals surface area contributed by atoms with Crippen LogP contribution in [0.5, 0.6) is 0 Å². The molecule has 1 aliphatic heterocycles. The van der Waals surface area contributed by atoms with E-state index in [1.807, 2.05) is 59.0 Å². The molecule has 2 bridgehead atoms. The first-order chi connectivity index (χ1) is 48.3. The highest BCUT2D eigenvalue weighted by Gasteiger charge is 2.56. The van der Waals surface area contributed by atoms with Gasteiger partial charge < -0.3 is 46.1 Å². The zero-order valence-electron chi connectivity index (χ0n) is 58.6. The number of nitrogens with two attached hydrogens (primary N) is 1. The molecule has 102 heavy (non-hydrogen) atoms. The molecule has 9 N–H and O–H groups in total. The van der Waals surface area contributed by atoms with E-state index in [2.05, 4.69) is 58.3 Å². The summed E-state index contributed by atoms with van der Waals surface area (Å²) in [6.07, 6.45) is 7.13. The third kappa shape index (κ3) is 21.0. The molecule has 3 aromatic heterocycles. The van der Waals surface area contributed by atoms with Crippen LogP contribution in [0.2, 0.25) is 0 Å². The number of sulfonamides is 1. The lowest BCUT2D eigenvalue weighted by Crippen LogP contribution is -2.55. The molecule has 2 fully saturated rings. The van der Waals surface area contributed by atoms with Crippen molar-refractivity contribution in [3.8, 4) is 11.1 Å². The molecule has 0 radical (unpaired) electrons. The van der Waals surface area contributed by atoms with Crippen molar-refractivity contribution in [1.82, 2.24) is 40.0 Å². The van der Waals surface area contributed by atoms with Gasteiger partial charge in [-0.2, -0.15) is 13.5 Å². The highest BCUT2D eigenvalue weighted by atomic mass is 32.2. The first kappa shape index (κ1) is 77.5. The van der Waals surface area contributed by atoms with Gasteiger partial charge in [0.15, 0.2) is 16.6 Å². The van der Waals surface area contributed by atoms with E-state index in [4.69, 9.17) is 25.3 Å². The zero-order valence-corrected chi connectivity index (χ0v) is 61.1. The fourth-order valence-electron chi connectivity index (χ4n) is 15.2. The number of benzene rings is 3. The zero-order chi connectivity index (χ0) is 73.7. The van der Waals surface area contributed by atoms with Crippen LogP contribution in [0.25, 0.3) is 21.3 Å². The second-order valence-electron chi connectivity index (χ2n) is 28.4. The maximum atomic E-state index is 13.9. The number of ketones is 1. The van der Waals surface area contributed by atoms with E-state index in [-0.39, 0.29) is 98.1 Å². The number of anilines is 3. The lowest BCUT2D eigenvalue weighted by molar-refractivity contribution is -0.179. The maximum absolute atomic E-state index is 13.9. The number of unbranched alkanes of at least 4 members (excludes halogenated alkanes) is 2. The minimum Gasteiger partial charge on any atom is -0.476 e. The standard InChI is InChI=1S/C72H94N12O15S3/c1-8-101(93,94)76-30-13-9-10-21-61(86)80-62(46(2)3)58(85)36-51(17-15-29-74-67(73)91)64(87)77-52-24-22-49(23-25-52)41-98-69(92)82(33-35-102(95,96)97)32-34-99-72-38-47(4)37-70(6,43-72)42-71(7,44-72)45-84-48(5)55(39-75-84)53-26-27-60(79-63(53)66(89)90)83-31-28-50-16-14-18-54(56(50)40-83)65(88)81-68-78-57-19-11-12-20-59(57)100-68/h8,11-12,14,16,18-20,22-27,39,46-47,51,62,76H,1,9-10,13,15,17,21,28-38,40-45H2,2-7H3,(H,77,87)(H,80,86)(H,89,90)(H3,73,74,91)(H,78,81,88)(H,95,96,97)/t47?,51-,62+,70?,71?,72?/m1/s1. The van der Waals surface area contributed by atoms with Crippen LogP contribution in [0.15, 0.2) is 97.0 Å². The number of fused-ring (bicyclic) bond motifs is 4. The number of hydrogen-bond acceptors (Lipinski definition) is 18. The van der Waals surface area contributed by atoms with Gasteiger partial charge in [-0.1, -0.05) is 95.4 Å². The number of thiazole rings is 1. The van der Waals surface area contributed by atoms with Crippen LogP contribution in [0.1, 0.15) is 155 Å². The first-order valence-corrected chi connectivity index (χ1v) is 38.5. The van der Waals surface area contributed by atoms with E-state index in [0.717, 1.165) is 58.1 Å². The summed E-state index contributed by atoms with van der Waals surface area (Å²) in [5.41, 5.74) is 9.74. The lowest BCUT2D eigenvalue weighted by Gasteiger charge is -2.58. The predicted octanol–water partition coefficient (Wildman–Crippen LogP) is 10.0. The number of carbonyl (C=O) groups excluding carboxylic acids is 6. The van der Waals surface area contributed by atoms with E-state index in [1.165, 1.54) is 16.2 Å². The number of para-hydroxylation sites is 1. The molecule has 27 nitrogen and oxygen atoms in total. The van der Waals surface area contributed by atoms with Crippen LogP contribution in [-0.2, 0) is 70.1 Å². The van der Waals surface area contributed by atoms with Gasteiger partial charge in [0.2, 0.25) is 21.8 Å². The number of carbonyl (C=O) groups is 7. The third-order valence-corrected chi connectivity index (χ3v) is 22.0. The van der Waals surface area contributed by atoms with Crippen LogP contribution in [0, 0.1) is 35.5 Å². The predicted molar refractivity (Wildman–Crippen MR) is 389 cm³/mol. The SMILES string of the molecule is C=CS(=O)(=O)NCCCCCC(=O)N[C@H](C(=O)C[C@@H](CCCNC(N)=O)C(=O)Nc1ccc(COC(=O)N(CCOC23CC(C)CC(C)(CC(C)(Cn4ncc(-c5ccc(N6CCc7cccc(C(=O)Nc8nc9ccccc9s8)c7C6)nc5C(=O)O)c4C)C2)C3)CCS(=O)(=O)O)cc1)C(C)C. The second-order valence-corrected chi connectivity index (χ2v) is 32.8. The number of carboxylic acids is 1. The molecule has 4 heterocycles. The van der Waals surface area contributed by atoms with Crippen molar-refractivity contribution in [1.29, 1.82) is 0 Å². The molecule has 6 atom stereocenters. The van der Waals surface area contributed by atoms with Gasteiger partial charge in [0.25, 0.3) is 16.0 Å². The fraction of sp³-hybridized carbons (Fsp3) is 0.500. The van der Waals surface area contributed by atoms with Crippen LogP contribution in [0.3, 0.4) is 0 Å². The Morgan fingerprint density at radius 1 is 0.882 bits per heavy atom. The fourth-order valence-corrected chi connectivity index (χ4v) is 17.1. The number of nitrogens with one attached hydrogen (secondary N) is 5. The van der Waals surface area contributed by atoms with Gasteiger partial charge in [0.1, 0.15) is 12.4 Å². The molecular formula is C72H94N12O15S3. The highest BCUT2D eigenvalue weighted by molar-refractivity contribution is 7.92. The first-order valence-electron chi connectivity index (χ1n) is 34.5. The monoisotopic (exact) mass is 1460 g/mol. The van der Waals surface area contributed by atoms with Crippen LogP contribution < -0.4 is 36.6 Å². The smallest absolute Gasteiger partial charge is 0.410 e. The Hall–Kier alpha value is -8.68. The summed E-state index contributed by atoms with van der Waals surface area (Å²) in [6, 6.07) is 21.7. The number of primary amides is 1. The molecule has 2 saturated carbocycles.